The van der Waals surface area contributed by atoms with Gasteiger partial charge in [0.1, 0.15) is 5.75 Å². The average molecular weight is 457 g/mol. The monoisotopic (exact) mass is 456 g/mol. The van der Waals surface area contributed by atoms with Crippen molar-refractivity contribution in [3.8, 4) is 5.75 Å². The molecule has 180 valence electrons. The van der Waals surface area contributed by atoms with E-state index in [1.54, 1.807) is 0 Å². The first-order chi connectivity index (χ1) is 16.8. The van der Waals surface area contributed by atoms with Crippen LogP contribution in [-0.2, 0) is 6.42 Å². The summed E-state index contributed by atoms with van der Waals surface area (Å²) in [6, 6.07) is 6.66. The number of rotatable bonds is 10. The molecular formula is C31H40N2O. The molecule has 2 atom stereocenters. The molecule has 1 saturated heterocycles. The van der Waals surface area contributed by atoms with Crippen LogP contribution in [0.4, 0.5) is 5.69 Å². The molecule has 5 rings (SSSR count). The maximum Gasteiger partial charge on any atom is 0.119 e. The number of anilines is 1. The Labute approximate surface area is 206 Å². The summed E-state index contributed by atoms with van der Waals surface area (Å²) in [6.45, 7) is 8.65. The summed E-state index contributed by atoms with van der Waals surface area (Å²) < 4.78 is 6.09. The van der Waals surface area contributed by atoms with Crippen molar-refractivity contribution in [2.24, 2.45) is 11.8 Å². The van der Waals surface area contributed by atoms with Gasteiger partial charge in [0, 0.05) is 25.3 Å². The lowest BCUT2D eigenvalue weighted by Gasteiger charge is -2.26. The second-order valence-electron chi connectivity index (χ2n) is 10.2. The van der Waals surface area contributed by atoms with E-state index in [9.17, 15) is 0 Å². The Morgan fingerprint density at radius 1 is 1.12 bits per heavy atom. The van der Waals surface area contributed by atoms with Crippen LogP contribution in [-0.4, -0.2) is 44.2 Å². The van der Waals surface area contributed by atoms with Crippen molar-refractivity contribution < 1.29 is 4.74 Å². The topological polar surface area (TPSA) is 15.7 Å². The maximum atomic E-state index is 6.09. The number of hydrogen-bond acceptors (Lipinski definition) is 3. The molecule has 0 N–H and O–H groups in total. The lowest BCUT2D eigenvalue weighted by atomic mass is 9.99. The zero-order valence-electron chi connectivity index (χ0n) is 20.8. The minimum Gasteiger partial charge on any atom is -0.494 e. The third-order valence-electron chi connectivity index (χ3n) is 7.60. The van der Waals surface area contributed by atoms with Crippen molar-refractivity contribution in [3.63, 3.8) is 0 Å². The molecule has 0 spiro atoms. The Morgan fingerprint density at radius 2 is 2.03 bits per heavy atom. The fourth-order valence-electron chi connectivity index (χ4n) is 5.53. The summed E-state index contributed by atoms with van der Waals surface area (Å²) in [7, 11) is 0. The Morgan fingerprint density at radius 3 is 2.88 bits per heavy atom. The molecule has 3 heteroatoms. The standard InChI is InChI=1S/C31H40N2O/c1-2-9-25(26-11-12-27-23-29(27)22-26)10-4-7-19-33-20-15-28-24-30(13-14-31(28)33)34-21-8-18-32-16-5-3-6-17-32/h2,4,7,9-14,22,24,27,29H,3,5-6,8,15-21,23H2,1H3/b7-4+,9-2-,25-10+. The van der Waals surface area contributed by atoms with Gasteiger partial charge in [0.25, 0.3) is 0 Å². The fourth-order valence-corrected chi connectivity index (χ4v) is 5.53. The lowest BCUT2D eigenvalue weighted by Crippen LogP contribution is -2.31. The Kier molecular flexibility index (Phi) is 7.70. The third kappa shape index (κ3) is 5.93. The van der Waals surface area contributed by atoms with Gasteiger partial charge in [-0.1, -0.05) is 55.0 Å². The van der Waals surface area contributed by atoms with Gasteiger partial charge in [0.15, 0.2) is 0 Å². The van der Waals surface area contributed by atoms with Gasteiger partial charge in [-0.05, 0) is 98.9 Å². The van der Waals surface area contributed by atoms with Crippen LogP contribution in [0.3, 0.4) is 0 Å². The first-order valence-electron chi connectivity index (χ1n) is 13.4. The van der Waals surface area contributed by atoms with Gasteiger partial charge < -0.3 is 14.5 Å². The molecule has 0 amide bonds. The highest BCUT2D eigenvalue weighted by atomic mass is 16.5. The summed E-state index contributed by atoms with van der Waals surface area (Å²) in [5, 5.41) is 0. The van der Waals surface area contributed by atoms with E-state index in [0.29, 0.717) is 0 Å². The van der Waals surface area contributed by atoms with E-state index < -0.39 is 0 Å². The predicted octanol–water partition coefficient (Wildman–Crippen LogP) is 6.49. The van der Waals surface area contributed by atoms with Gasteiger partial charge in [-0.3, -0.25) is 0 Å². The number of benzene rings is 1. The molecule has 0 radical (unpaired) electrons. The van der Waals surface area contributed by atoms with Crippen molar-refractivity contribution >= 4 is 5.69 Å². The summed E-state index contributed by atoms with van der Waals surface area (Å²) in [5.41, 5.74) is 5.46. The van der Waals surface area contributed by atoms with Crippen LogP contribution >= 0.6 is 0 Å². The number of hydrogen-bond donors (Lipinski definition) is 0. The quantitative estimate of drug-likeness (QED) is 0.295. The molecule has 1 aromatic carbocycles. The Hall–Kier alpha value is -2.52. The first-order valence-corrected chi connectivity index (χ1v) is 13.4. The molecule has 2 aliphatic carbocycles. The molecule has 3 nitrogen and oxygen atoms in total. The van der Waals surface area contributed by atoms with Crippen LogP contribution in [0.25, 0.3) is 0 Å². The fraction of sp³-hybridized carbons (Fsp3) is 0.484. The Bertz CT molecular complexity index is 993. The third-order valence-corrected chi connectivity index (χ3v) is 7.60. The van der Waals surface area contributed by atoms with Crippen LogP contribution in [0.5, 0.6) is 5.75 Å². The molecule has 1 aromatic rings. The first kappa shape index (κ1) is 23.2. The highest BCUT2D eigenvalue weighted by Crippen LogP contribution is 2.45. The van der Waals surface area contributed by atoms with Crippen molar-refractivity contribution in [3.05, 3.63) is 83.5 Å². The molecular weight excluding hydrogens is 416 g/mol. The van der Waals surface area contributed by atoms with Crippen molar-refractivity contribution in [1.29, 1.82) is 0 Å². The van der Waals surface area contributed by atoms with Gasteiger partial charge in [-0.15, -0.1) is 0 Å². The smallest absolute Gasteiger partial charge is 0.119 e. The highest BCUT2D eigenvalue weighted by Gasteiger charge is 2.35. The van der Waals surface area contributed by atoms with Gasteiger partial charge in [0.05, 0.1) is 6.61 Å². The number of fused-ring (bicyclic) bond motifs is 2. The van der Waals surface area contributed by atoms with Gasteiger partial charge in [0.2, 0.25) is 0 Å². The second kappa shape index (κ2) is 11.3. The van der Waals surface area contributed by atoms with Gasteiger partial charge in [-0.2, -0.15) is 0 Å². The van der Waals surface area contributed by atoms with E-state index in [4.69, 9.17) is 4.74 Å². The SMILES string of the molecule is C\C=C/C(=C\C=C\CN1CCc2cc(OCCCN3CCCCC3)ccc21)C1=CC2CC2C=C1. The normalized spacial score (nSPS) is 24.6. The largest absolute Gasteiger partial charge is 0.494 e. The molecule has 2 aliphatic heterocycles. The van der Waals surface area contributed by atoms with Crippen LogP contribution in [0.1, 0.15) is 44.6 Å². The summed E-state index contributed by atoms with van der Waals surface area (Å²) in [6.07, 6.45) is 26.0. The molecule has 0 aromatic heterocycles. The van der Waals surface area contributed by atoms with Crippen LogP contribution in [0.15, 0.2) is 78.0 Å². The molecule has 2 fully saturated rings. The van der Waals surface area contributed by atoms with E-state index >= 15 is 0 Å². The van der Waals surface area contributed by atoms with E-state index in [-0.39, 0.29) is 0 Å². The molecule has 2 unspecified atom stereocenters. The molecule has 4 aliphatic rings. The van der Waals surface area contributed by atoms with E-state index in [2.05, 4.69) is 83.5 Å². The average Bonchev–Trinajstić information content (AvgIpc) is 3.55. The molecule has 1 saturated carbocycles. The van der Waals surface area contributed by atoms with Crippen molar-refractivity contribution in [2.45, 2.75) is 45.4 Å². The summed E-state index contributed by atoms with van der Waals surface area (Å²) in [5.74, 6) is 2.62. The number of likely N-dealkylation sites (tertiary alicyclic amines) is 1. The zero-order valence-corrected chi connectivity index (χ0v) is 20.8. The zero-order chi connectivity index (χ0) is 23.2. The van der Waals surface area contributed by atoms with E-state index in [1.165, 1.54) is 67.7 Å². The second-order valence-corrected chi connectivity index (χ2v) is 10.2. The molecule has 34 heavy (non-hydrogen) atoms. The Balaban J connectivity index is 1.11. The summed E-state index contributed by atoms with van der Waals surface area (Å²) >= 11 is 0. The minimum absolute atomic E-state index is 0.780. The molecule has 0 bridgehead atoms. The predicted molar refractivity (Wildman–Crippen MR) is 144 cm³/mol. The van der Waals surface area contributed by atoms with E-state index in [0.717, 1.165) is 50.1 Å². The highest BCUT2D eigenvalue weighted by molar-refractivity contribution is 5.60. The van der Waals surface area contributed by atoms with Crippen molar-refractivity contribution in [1.82, 2.24) is 4.90 Å². The van der Waals surface area contributed by atoms with Crippen molar-refractivity contribution in [2.75, 3.05) is 44.2 Å². The summed E-state index contributed by atoms with van der Waals surface area (Å²) in [4.78, 5) is 5.06. The number of allylic oxidation sites excluding steroid dienone is 9. The van der Waals surface area contributed by atoms with Gasteiger partial charge in [-0.25, -0.2) is 0 Å². The number of ether oxygens (including phenoxy) is 1. The van der Waals surface area contributed by atoms with Crippen LogP contribution < -0.4 is 9.64 Å². The number of nitrogens with zero attached hydrogens (tertiary/aromatic N) is 2. The minimum atomic E-state index is 0.780. The maximum absolute atomic E-state index is 6.09. The van der Waals surface area contributed by atoms with Crippen LogP contribution in [0, 0.1) is 11.8 Å². The molecule has 2 heterocycles. The lowest BCUT2D eigenvalue weighted by molar-refractivity contribution is 0.205. The van der Waals surface area contributed by atoms with Crippen LogP contribution in [0.2, 0.25) is 0 Å². The van der Waals surface area contributed by atoms with E-state index in [1.807, 2.05) is 0 Å². The van der Waals surface area contributed by atoms with Gasteiger partial charge >= 0.3 is 0 Å². The number of piperidine rings is 1.